The smallest absolute Gasteiger partial charge is 0.335 e. The molecular weight excluding hydrogens is 417 g/mol. The number of benzene rings is 1. The lowest BCUT2D eigenvalue weighted by atomic mass is 10.2. The van der Waals surface area contributed by atoms with Crippen LogP contribution in [-0.4, -0.2) is 36.9 Å². The molecule has 0 saturated heterocycles. The largest absolute Gasteiger partial charge is 0.478 e. The molecular formula is C15H22INO4S. The van der Waals surface area contributed by atoms with E-state index in [0.717, 1.165) is 25.7 Å². The van der Waals surface area contributed by atoms with Gasteiger partial charge in [0, 0.05) is 16.7 Å². The Bertz CT molecular complexity index is 608. The molecule has 0 saturated carbocycles. The summed E-state index contributed by atoms with van der Waals surface area (Å²) in [4.78, 5) is 11.2. The molecule has 1 aromatic carbocycles. The van der Waals surface area contributed by atoms with Gasteiger partial charge in [0.25, 0.3) is 0 Å². The Morgan fingerprint density at radius 1 is 1.14 bits per heavy atom. The van der Waals surface area contributed by atoms with Gasteiger partial charge in [-0.1, -0.05) is 26.7 Å². The molecule has 0 aliphatic rings. The number of carbonyl (C=O) groups is 1. The van der Waals surface area contributed by atoms with Gasteiger partial charge in [-0.25, -0.2) is 13.2 Å². The molecule has 1 aromatic rings. The molecule has 0 fully saturated rings. The minimum Gasteiger partial charge on any atom is -0.478 e. The van der Waals surface area contributed by atoms with Crippen molar-refractivity contribution in [3.8, 4) is 0 Å². The van der Waals surface area contributed by atoms with Crippen LogP contribution in [-0.2, 0) is 10.0 Å². The number of hydrogen-bond donors (Lipinski definition) is 1. The quantitative estimate of drug-likeness (QED) is 0.597. The highest BCUT2D eigenvalue weighted by atomic mass is 127. The molecule has 22 heavy (non-hydrogen) atoms. The number of carboxylic acids is 1. The Balaban J connectivity index is 3.20. The van der Waals surface area contributed by atoms with Gasteiger partial charge in [-0.05, 0) is 53.6 Å². The monoisotopic (exact) mass is 439 g/mol. The van der Waals surface area contributed by atoms with E-state index in [1.54, 1.807) is 0 Å². The topological polar surface area (TPSA) is 74.7 Å². The van der Waals surface area contributed by atoms with E-state index < -0.39 is 16.0 Å². The lowest BCUT2D eigenvalue weighted by molar-refractivity contribution is 0.0696. The Labute approximate surface area is 145 Å². The minimum absolute atomic E-state index is 0.00333. The van der Waals surface area contributed by atoms with E-state index in [1.165, 1.54) is 22.5 Å². The van der Waals surface area contributed by atoms with Crippen LogP contribution in [0.5, 0.6) is 0 Å². The van der Waals surface area contributed by atoms with Crippen LogP contribution in [0.4, 0.5) is 0 Å². The van der Waals surface area contributed by atoms with Gasteiger partial charge in [0.1, 0.15) is 0 Å². The molecule has 0 spiro atoms. The average Bonchev–Trinajstić information content (AvgIpc) is 2.46. The molecule has 0 aliphatic carbocycles. The van der Waals surface area contributed by atoms with Crippen LogP contribution >= 0.6 is 22.6 Å². The van der Waals surface area contributed by atoms with Crippen LogP contribution in [0.25, 0.3) is 0 Å². The fourth-order valence-corrected chi connectivity index (χ4v) is 4.48. The fraction of sp³-hybridized carbons (Fsp3) is 0.533. The van der Waals surface area contributed by atoms with E-state index >= 15 is 0 Å². The van der Waals surface area contributed by atoms with E-state index in [2.05, 4.69) is 0 Å². The zero-order valence-corrected chi connectivity index (χ0v) is 15.9. The molecule has 0 aromatic heterocycles. The molecule has 0 aliphatic heterocycles. The van der Waals surface area contributed by atoms with Crippen LogP contribution in [0.15, 0.2) is 23.1 Å². The summed E-state index contributed by atoms with van der Waals surface area (Å²) >= 11 is 1.94. The third-order valence-electron chi connectivity index (χ3n) is 3.28. The Morgan fingerprint density at radius 2 is 1.68 bits per heavy atom. The van der Waals surface area contributed by atoms with E-state index in [0.29, 0.717) is 16.7 Å². The second-order valence-corrected chi connectivity index (χ2v) is 8.28. The first-order valence-corrected chi connectivity index (χ1v) is 9.88. The highest BCUT2D eigenvalue weighted by Gasteiger charge is 2.25. The molecule has 5 nitrogen and oxygen atoms in total. The van der Waals surface area contributed by atoms with Crippen molar-refractivity contribution in [1.82, 2.24) is 4.31 Å². The first kappa shape index (κ1) is 19.4. The lowest BCUT2D eigenvalue weighted by Gasteiger charge is -2.22. The molecule has 0 bridgehead atoms. The third-order valence-corrected chi connectivity index (χ3v) is 5.78. The van der Waals surface area contributed by atoms with Crippen molar-refractivity contribution >= 4 is 38.6 Å². The first-order chi connectivity index (χ1) is 10.3. The standard InChI is InChI=1S/C15H22INO4S/c1-3-5-7-17(8-6-4-2)22(20,21)14-10-12(15(18)19)9-13(16)11-14/h9-11H,3-8H2,1-2H3,(H,18,19). The SMILES string of the molecule is CCCCN(CCCC)S(=O)(=O)c1cc(I)cc(C(=O)O)c1. The summed E-state index contributed by atoms with van der Waals surface area (Å²) in [6.07, 6.45) is 3.40. The summed E-state index contributed by atoms with van der Waals surface area (Å²) < 4.78 is 27.7. The number of sulfonamides is 1. The van der Waals surface area contributed by atoms with Crippen molar-refractivity contribution in [2.75, 3.05) is 13.1 Å². The second-order valence-electron chi connectivity index (χ2n) is 5.09. The molecule has 0 atom stereocenters. The van der Waals surface area contributed by atoms with Crippen LogP contribution in [0.2, 0.25) is 0 Å². The molecule has 0 heterocycles. The van der Waals surface area contributed by atoms with Crippen LogP contribution in [0.1, 0.15) is 49.9 Å². The first-order valence-electron chi connectivity index (χ1n) is 7.37. The molecule has 1 N–H and O–H groups in total. The van der Waals surface area contributed by atoms with Gasteiger partial charge in [-0.3, -0.25) is 0 Å². The van der Waals surface area contributed by atoms with Gasteiger partial charge in [0.05, 0.1) is 10.5 Å². The number of carboxylic acid groups (broad SMARTS) is 1. The number of aromatic carboxylic acids is 1. The van der Waals surface area contributed by atoms with Crippen LogP contribution in [0, 0.1) is 3.57 Å². The Morgan fingerprint density at radius 3 is 2.14 bits per heavy atom. The van der Waals surface area contributed by atoms with Crippen molar-refractivity contribution in [1.29, 1.82) is 0 Å². The molecule has 7 heteroatoms. The Kier molecular flexibility index (Phi) is 7.78. The van der Waals surface area contributed by atoms with Gasteiger partial charge < -0.3 is 5.11 Å². The summed E-state index contributed by atoms with van der Waals surface area (Å²) in [5.41, 5.74) is -0.00333. The molecule has 0 radical (unpaired) electrons. The summed E-state index contributed by atoms with van der Waals surface area (Å²) in [5, 5.41) is 9.11. The average molecular weight is 439 g/mol. The molecule has 124 valence electrons. The van der Waals surface area contributed by atoms with Gasteiger partial charge in [-0.15, -0.1) is 0 Å². The van der Waals surface area contributed by atoms with Gasteiger partial charge in [0.15, 0.2) is 0 Å². The van der Waals surface area contributed by atoms with Gasteiger partial charge >= 0.3 is 5.97 Å². The lowest BCUT2D eigenvalue weighted by Crippen LogP contribution is -2.33. The maximum atomic E-state index is 12.8. The maximum absolute atomic E-state index is 12.8. The zero-order chi connectivity index (χ0) is 16.8. The summed E-state index contributed by atoms with van der Waals surface area (Å²) in [7, 11) is -3.66. The van der Waals surface area contributed by atoms with Gasteiger partial charge in [-0.2, -0.15) is 4.31 Å². The minimum atomic E-state index is -3.66. The summed E-state index contributed by atoms with van der Waals surface area (Å²) in [6, 6.07) is 4.22. The predicted octanol–water partition coefficient (Wildman–Crippen LogP) is 3.58. The van der Waals surface area contributed by atoms with Crippen LogP contribution in [0.3, 0.4) is 0 Å². The Hall–Kier alpha value is -0.670. The third kappa shape index (κ3) is 5.20. The predicted molar refractivity (Wildman–Crippen MR) is 94.7 cm³/mol. The van der Waals surface area contributed by atoms with E-state index in [1.807, 2.05) is 36.4 Å². The fourth-order valence-electron chi connectivity index (χ4n) is 2.01. The number of halogens is 1. The van der Waals surface area contributed by atoms with E-state index in [9.17, 15) is 13.2 Å². The van der Waals surface area contributed by atoms with Crippen LogP contribution < -0.4 is 0 Å². The number of nitrogens with zero attached hydrogens (tertiary/aromatic N) is 1. The van der Waals surface area contributed by atoms with E-state index in [4.69, 9.17) is 5.11 Å². The summed E-state index contributed by atoms with van der Waals surface area (Å²) in [6.45, 7) is 4.95. The second kappa shape index (κ2) is 8.83. The highest BCUT2D eigenvalue weighted by Crippen LogP contribution is 2.21. The van der Waals surface area contributed by atoms with Crippen molar-refractivity contribution in [2.24, 2.45) is 0 Å². The van der Waals surface area contributed by atoms with Crippen molar-refractivity contribution < 1.29 is 18.3 Å². The number of hydrogen-bond acceptors (Lipinski definition) is 3. The zero-order valence-electron chi connectivity index (χ0n) is 12.9. The van der Waals surface area contributed by atoms with Crippen molar-refractivity contribution in [3.63, 3.8) is 0 Å². The number of unbranched alkanes of at least 4 members (excludes halogenated alkanes) is 2. The molecule has 0 amide bonds. The van der Waals surface area contributed by atoms with Crippen molar-refractivity contribution in [3.05, 3.63) is 27.3 Å². The molecule has 0 unspecified atom stereocenters. The summed E-state index contributed by atoms with van der Waals surface area (Å²) in [5.74, 6) is -1.12. The normalized spacial score (nSPS) is 11.8. The number of rotatable bonds is 9. The van der Waals surface area contributed by atoms with Crippen molar-refractivity contribution in [2.45, 2.75) is 44.4 Å². The van der Waals surface area contributed by atoms with E-state index in [-0.39, 0.29) is 10.5 Å². The maximum Gasteiger partial charge on any atom is 0.335 e. The highest BCUT2D eigenvalue weighted by molar-refractivity contribution is 14.1. The van der Waals surface area contributed by atoms with Gasteiger partial charge in [0.2, 0.25) is 10.0 Å². The molecule has 1 rings (SSSR count).